The van der Waals surface area contributed by atoms with Crippen LogP contribution in [0.3, 0.4) is 0 Å². The SMILES string of the molecule is Cc1nc(CN2CCN(C(=O)Cc3c[nH]c4ccccc34)CC2)nc2ccccc12. The summed E-state index contributed by atoms with van der Waals surface area (Å²) >= 11 is 0. The van der Waals surface area contributed by atoms with E-state index in [0.29, 0.717) is 6.42 Å². The molecule has 1 aliphatic heterocycles. The number of benzene rings is 2. The first-order valence-corrected chi connectivity index (χ1v) is 10.4. The van der Waals surface area contributed by atoms with Gasteiger partial charge >= 0.3 is 0 Å². The summed E-state index contributed by atoms with van der Waals surface area (Å²) in [5, 5.41) is 2.24. The standard InChI is InChI=1S/C24H25N5O/c1-17-19-6-2-5-9-22(19)27-23(26-17)16-28-10-12-29(13-11-28)24(30)14-18-15-25-21-8-4-3-7-20(18)21/h2-9,15,25H,10-14,16H2,1H3. The number of hydrogen-bond donors (Lipinski definition) is 1. The first-order valence-electron chi connectivity index (χ1n) is 10.4. The fourth-order valence-electron chi connectivity index (χ4n) is 4.27. The molecule has 3 heterocycles. The number of nitrogens with zero attached hydrogens (tertiary/aromatic N) is 4. The number of H-pyrrole nitrogens is 1. The maximum Gasteiger partial charge on any atom is 0.227 e. The first kappa shape index (κ1) is 18.8. The van der Waals surface area contributed by atoms with Crippen LogP contribution in [0.5, 0.6) is 0 Å². The third-order valence-corrected chi connectivity index (χ3v) is 5.95. The predicted octanol–water partition coefficient (Wildman–Crippen LogP) is 3.31. The van der Waals surface area contributed by atoms with Crippen molar-refractivity contribution in [2.24, 2.45) is 0 Å². The summed E-state index contributed by atoms with van der Waals surface area (Å²) in [6, 6.07) is 16.3. The van der Waals surface area contributed by atoms with E-state index in [1.807, 2.05) is 54.4 Å². The van der Waals surface area contributed by atoms with E-state index in [4.69, 9.17) is 9.97 Å². The molecule has 0 spiro atoms. The van der Waals surface area contributed by atoms with Gasteiger partial charge in [0.2, 0.25) is 5.91 Å². The Balaban J connectivity index is 1.20. The molecule has 0 aliphatic carbocycles. The third-order valence-electron chi connectivity index (χ3n) is 5.95. The lowest BCUT2D eigenvalue weighted by molar-refractivity contribution is -0.132. The molecule has 5 rings (SSSR count). The van der Waals surface area contributed by atoms with Gasteiger partial charge in [-0.25, -0.2) is 9.97 Å². The summed E-state index contributed by atoms with van der Waals surface area (Å²) in [6.07, 6.45) is 2.40. The molecule has 1 N–H and O–H groups in total. The highest BCUT2D eigenvalue weighted by Crippen LogP contribution is 2.20. The van der Waals surface area contributed by atoms with E-state index in [1.54, 1.807) is 0 Å². The molecule has 30 heavy (non-hydrogen) atoms. The number of piperazine rings is 1. The summed E-state index contributed by atoms with van der Waals surface area (Å²) in [7, 11) is 0. The number of carbonyl (C=O) groups excluding carboxylic acids is 1. The van der Waals surface area contributed by atoms with Crippen molar-refractivity contribution in [2.75, 3.05) is 26.2 Å². The minimum absolute atomic E-state index is 0.192. The Kier molecular flexibility index (Phi) is 4.93. The minimum Gasteiger partial charge on any atom is -0.361 e. The van der Waals surface area contributed by atoms with E-state index in [1.165, 1.54) is 0 Å². The highest BCUT2D eigenvalue weighted by atomic mass is 16.2. The van der Waals surface area contributed by atoms with Crippen LogP contribution in [-0.2, 0) is 17.8 Å². The number of aromatic amines is 1. The Hall–Kier alpha value is -3.25. The molecular weight excluding hydrogens is 374 g/mol. The maximum atomic E-state index is 12.8. The summed E-state index contributed by atoms with van der Waals surface area (Å²) in [4.78, 5) is 29.8. The van der Waals surface area contributed by atoms with E-state index >= 15 is 0 Å². The zero-order valence-corrected chi connectivity index (χ0v) is 17.1. The van der Waals surface area contributed by atoms with Gasteiger partial charge in [-0.3, -0.25) is 9.69 Å². The summed E-state index contributed by atoms with van der Waals surface area (Å²) in [6.45, 7) is 5.93. The van der Waals surface area contributed by atoms with Crippen molar-refractivity contribution < 1.29 is 4.79 Å². The van der Waals surface area contributed by atoms with Gasteiger partial charge in [0.05, 0.1) is 18.5 Å². The molecule has 6 nitrogen and oxygen atoms in total. The predicted molar refractivity (Wildman–Crippen MR) is 118 cm³/mol. The van der Waals surface area contributed by atoms with E-state index in [2.05, 4.69) is 22.0 Å². The van der Waals surface area contributed by atoms with Crippen molar-refractivity contribution in [3.63, 3.8) is 0 Å². The second kappa shape index (κ2) is 7.88. The third kappa shape index (κ3) is 3.66. The topological polar surface area (TPSA) is 65.1 Å². The van der Waals surface area contributed by atoms with E-state index in [-0.39, 0.29) is 5.91 Å². The van der Waals surface area contributed by atoms with Crippen LogP contribution in [0.15, 0.2) is 54.7 Å². The van der Waals surface area contributed by atoms with Crippen molar-refractivity contribution in [3.8, 4) is 0 Å². The lowest BCUT2D eigenvalue weighted by Crippen LogP contribution is -2.48. The number of para-hydroxylation sites is 2. The second-order valence-electron chi connectivity index (χ2n) is 7.94. The van der Waals surface area contributed by atoms with Gasteiger partial charge in [0.25, 0.3) is 0 Å². The molecule has 0 saturated carbocycles. The van der Waals surface area contributed by atoms with Crippen LogP contribution in [0.4, 0.5) is 0 Å². The monoisotopic (exact) mass is 399 g/mol. The fraction of sp³-hybridized carbons (Fsp3) is 0.292. The van der Waals surface area contributed by atoms with Crippen LogP contribution in [0.1, 0.15) is 17.1 Å². The molecule has 1 aliphatic rings. The number of aromatic nitrogens is 3. The van der Waals surface area contributed by atoms with Crippen LogP contribution in [0, 0.1) is 6.92 Å². The summed E-state index contributed by atoms with van der Waals surface area (Å²) in [5.74, 6) is 1.04. The summed E-state index contributed by atoms with van der Waals surface area (Å²) in [5.41, 5.74) is 4.16. The molecule has 6 heteroatoms. The Labute approximate surface area is 175 Å². The van der Waals surface area contributed by atoms with Crippen molar-refractivity contribution in [2.45, 2.75) is 19.9 Å². The van der Waals surface area contributed by atoms with Crippen LogP contribution < -0.4 is 0 Å². The Morgan fingerprint density at radius 1 is 0.967 bits per heavy atom. The Morgan fingerprint density at radius 3 is 2.53 bits per heavy atom. The van der Waals surface area contributed by atoms with Gasteiger partial charge in [-0.1, -0.05) is 36.4 Å². The zero-order chi connectivity index (χ0) is 20.5. The molecule has 152 valence electrons. The van der Waals surface area contributed by atoms with Crippen LogP contribution in [-0.4, -0.2) is 56.8 Å². The van der Waals surface area contributed by atoms with E-state index in [9.17, 15) is 4.79 Å². The number of rotatable bonds is 4. The lowest BCUT2D eigenvalue weighted by atomic mass is 10.1. The van der Waals surface area contributed by atoms with Gasteiger partial charge in [0.1, 0.15) is 5.82 Å². The molecule has 0 radical (unpaired) electrons. The van der Waals surface area contributed by atoms with E-state index < -0.39 is 0 Å². The van der Waals surface area contributed by atoms with Gasteiger partial charge in [-0.15, -0.1) is 0 Å². The van der Waals surface area contributed by atoms with Crippen molar-refractivity contribution in [1.29, 1.82) is 0 Å². The molecule has 1 amide bonds. The Bertz CT molecular complexity index is 1210. The van der Waals surface area contributed by atoms with Gasteiger partial charge in [0.15, 0.2) is 0 Å². The summed E-state index contributed by atoms with van der Waals surface area (Å²) < 4.78 is 0. The molecule has 0 unspecified atom stereocenters. The van der Waals surface area contributed by atoms with Crippen LogP contribution in [0.2, 0.25) is 0 Å². The largest absolute Gasteiger partial charge is 0.361 e. The smallest absolute Gasteiger partial charge is 0.227 e. The molecule has 0 atom stereocenters. The molecule has 2 aromatic carbocycles. The van der Waals surface area contributed by atoms with Gasteiger partial charge in [0, 0.05) is 54.4 Å². The average Bonchev–Trinajstić information content (AvgIpc) is 3.17. The molecule has 1 saturated heterocycles. The number of amides is 1. The van der Waals surface area contributed by atoms with Crippen LogP contribution in [0.25, 0.3) is 21.8 Å². The highest BCUT2D eigenvalue weighted by Gasteiger charge is 2.22. The first-order chi connectivity index (χ1) is 14.7. The maximum absolute atomic E-state index is 12.8. The van der Waals surface area contributed by atoms with Gasteiger partial charge in [-0.2, -0.15) is 0 Å². The zero-order valence-electron chi connectivity index (χ0n) is 17.1. The van der Waals surface area contributed by atoms with E-state index in [0.717, 1.165) is 71.6 Å². The molecular formula is C24H25N5O. The average molecular weight is 399 g/mol. The molecule has 1 fully saturated rings. The highest BCUT2D eigenvalue weighted by molar-refractivity contribution is 5.89. The normalized spacial score (nSPS) is 15.2. The molecule has 2 aromatic heterocycles. The minimum atomic E-state index is 0.192. The quantitative estimate of drug-likeness (QED) is 0.572. The fourth-order valence-corrected chi connectivity index (χ4v) is 4.27. The lowest BCUT2D eigenvalue weighted by Gasteiger charge is -2.34. The van der Waals surface area contributed by atoms with Gasteiger partial charge < -0.3 is 9.88 Å². The second-order valence-corrected chi connectivity index (χ2v) is 7.94. The van der Waals surface area contributed by atoms with Gasteiger partial charge in [-0.05, 0) is 24.6 Å². The van der Waals surface area contributed by atoms with Crippen molar-refractivity contribution in [1.82, 2.24) is 24.8 Å². The number of hydrogen-bond acceptors (Lipinski definition) is 4. The number of carbonyl (C=O) groups is 1. The van der Waals surface area contributed by atoms with Crippen LogP contribution >= 0.6 is 0 Å². The molecule has 4 aromatic rings. The number of fused-ring (bicyclic) bond motifs is 2. The molecule has 0 bridgehead atoms. The number of nitrogens with one attached hydrogen (secondary N) is 1. The van der Waals surface area contributed by atoms with Crippen molar-refractivity contribution >= 4 is 27.7 Å². The Morgan fingerprint density at radius 2 is 1.70 bits per heavy atom. The van der Waals surface area contributed by atoms with Crippen molar-refractivity contribution in [3.05, 3.63) is 71.8 Å². The number of aryl methyl sites for hydroxylation is 1.